The summed E-state index contributed by atoms with van der Waals surface area (Å²) in [5.41, 5.74) is 0.555. The summed E-state index contributed by atoms with van der Waals surface area (Å²) >= 11 is 5.71. The van der Waals surface area contributed by atoms with E-state index >= 15 is 0 Å². The molecule has 1 N–H and O–H groups in total. The third-order valence-electron chi connectivity index (χ3n) is 2.36. The van der Waals surface area contributed by atoms with Crippen molar-refractivity contribution in [1.29, 1.82) is 0 Å². The van der Waals surface area contributed by atoms with Crippen LogP contribution in [-0.2, 0) is 6.54 Å². The largest absolute Gasteiger partial charge is 0.481 e. The first-order chi connectivity index (χ1) is 7.47. The Kier molecular flexibility index (Phi) is 2.99. The lowest BCUT2D eigenvalue weighted by atomic mass is 10.2. The van der Waals surface area contributed by atoms with Crippen LogP contribution in [0, 0.1) is 0 Å². The molecule has 0 spiro atoms. The molecule has 6 heteroatoms. The first kappa shape index (κ1) is 11.5. The molecular formula is C10H11ClF2N2O. The SMILES string of the molecule is CC(F)(F)[C@@H]1CNCc2nc(Cl)ccc2O1. The number of alkyl halides is 2. The van der Waals surface area contributed by atoms with E-state index < -0.39 is 12.0 Å². The normalized spacial score (nSPS) is 20.9. The maximum absolute atomic E-state index is 13.2. The van der Waals surface area contributed by atoms with E-state index in [-0.39, 0.29) is 6.54 Å². The number of ether oxygens (including phenoxy) is 1. The molecule has 0 aromatic carbocycles. The van der Waals surface area contributed by atoms with Crippen molar-refractivity contribution in [3.63, 3.8) is 0 Å². The molecule has 0 saturated heterocycles. The number of aromatic nitrogens is 1. The third-order valence-corrected chi connectivity index (χ3v) is 2.57. The molecule has 88 valence electrons. The van der Waals surface area contributed by atoms with Crippen LogP contribution in [0.15, 0.2) is 12.1 Å². The molecule has 0 saturated carbocycles. The number of rotatable bonds is 1. The van der Waals surface area contributed by atoms with Crippen LogP contribution in [0.1, 0.15) is 12.6 Å². The van der Waals surface area contributed by atoms with Crippen molar-refractivity contribution in [2.75, 3.05) is 6.54 Å². The van der Waals surface area contributed by atoms with Gasteiger partial charge in [0, 0.05) is 20.0 Å². The van der Waals surface area contributed by atoms with Crippen LogP contribution < -0.4 is 10.1 Å². The lowest BCUT2D eigenvalue weighted by molar-refractivity contribution is -0.0771. The molecule has 0 amide bonds. The van der Waals surface area contributed by atoms with Gasteiger partial charge in [-0.3, -0.25) is 0 Å². The third kappa shape index (κ3) is 2.41. The number of pyridine rings is 1. The fourth-order valence-electron chi connectivity index (χ4n) is 1.50. The quantitative estimate of drug-likeness (QED) is 0.774. The molecule has 1 aromatic heterocycles. The summed E-state index contributed by atoms with van der Waals surface area (Å²) in [5, 5.41) is 3.19. The van der Waals surface area contributed by atoms with Crippen molar-refractivity contribution in [3.05, 3.63) is 23.0 Å². The Balaban J connectivity index is 2.28. The average Bonchev–Trinajstić information content (AvgIpc) is 2.38. The van der Waals surface area contributed by atoms with Crippen LogP contribution in [0.2, 0.25) is 5.15 Å². The van der Waals surface area contributed by atoms with Crippen molar-refractivity contribution in [2.24, 2.45) is 0 Å². The van der Waals surface area contributed by atoms with Crippen LogP contribution in [0.5, 0.6) is 5.75 Å². The fourth-order valence-corrected chi connectivity index (χ4v) is 1.66. The van der Waals surface area contributed by atoms with E-state index in [0.29, 0.717) is 23.1 Å². The second kappa shape index (κ2) is 4.14. The molecule has 2 rings (SSSR count). The van der Waals surface area contributed by atoms with Crippen LogP contribution in [0.25, 0.3) is 0 Å². The molecule has 1 aliphatic heterocycles. The summed E-state index contributed by atoms with van der Waals surface area (Å²) in [5.74, 6) is -2.53. The second-order valence-electron chi connectivity index (χ2n) is 3.77. The molecule has 3 nitrogen and oxygen atoms in total. The maximum atomic E-state index is 13.2. The number of hydrogen-bond acceptors (Lipinski definition) is 3. The lowest BCUT2D eigenvalue weighted by Gasteiger charge is -2.22. The lowest BCUT2D eigenvalue weighted by Crippen LogP contribution is -2.42. The van der Waals surface area contributed by atoms with Gasteiger partial charge < -0.3 is 10.1 Å². The van der Waals surface area contributed by atoms with E-state index in [1.54, 1.807) is 6.07 Å². The molecule has 1 atom stereocenters. The molecular weight excluding hydrogens is 238 g/mol. The monoisotopic (exact) mass is 248 g/mol. The summed E-state index contributed by atoms with van der Waals surface area (Å²) in [6.45, 7) is 1.30. The molecule has 1 aromatic rings. The van der Waals surface area contributed by atoms with Gasteiger partial charge in [0.1, 0.15) is 10.9 Å². The average molecular weight is 249 g/mol. The van der Waals surface area contributed by atoms with Gasteiger partial charge in [-0.05, 0) is 12.1 Å². The molecule has 0 unspecified atom stereocenters. The Morgan fingerprint density at radius 3 is 3.00 bits per heavy atom. The standard InChI is InChI=1S/C10H11ClF2N2O/c1-10(12,13)8-5-14-4-6-7(16-8)2-3-9(11)15-6/h2-3,8,14H,4-5H2,1H3/t8-/m0/s1. The Morgan fingerprint density at radius 1 is 1.56 bits per heavy atom. The van der Waals surface area contributed by atoms with Gasteiger partial charge in [0.25, 0.3) is 5.92 Å². The van der Waals surface area contributed by atoms with Gasteiger partial charge in [0.05, 0.1) is 5.69 Å². The van der Waals surface area contributed by atoms with Crippen molar-refractivity contribution in [1.82, 2.24) is 10.3 Å². The predicted molar refractivity (Wildman–Crippen MR) is 56.0 cm³/mol. The first-order valence-electron chi connectivity index (χ1n) is 4.87. The summed E-state index contributed by atoms with van der Waals surface area (Å²) in [6, 6.07) is 3.09. The van der Waals surface area contributed by atoms with Crippen LogP contribution in [0.4, 0.5) is 8.78 Å². The number of nitrogens with zero attached hydrogens (tertiary/aromatic N) is 1. The Bertz CT molecular complexity index is 395. The highest BCUT2D eigenvalue weighted by molar-refractivity contribution is 6.29. The summed E-state index contributed by atoms with van der Waals surface area (Å²) < 4.78 is 31.5. The van der Waals surface area contributed by atoms with Gasteiger partial charge in [-0.15, -0.1) is 0 Å². The van der Waals surface area contributed by atoms with E-state index in [1.165, 1.54) is 6.07 Å². The van der Waals surface area contributed by atoms with E-state index in [4.69, 9.17) is 16.3 Å². The Hall–Kier alpha value is -0.940. The topological polar surface area (TPSA) is 34.2 Å². The fraction of sp³-hybridized carbons (Fsp3) is 0.500. The molecule has 2 heterocycles. The van der Waals surface area contributed by atoms with E-state index in [0.717, 1.165) is 6.92 Å². The van der Waals surface area contributed by atoms with E-state index in [9.17, 15) is 8.78 Å². The number of halogens is 3. The minimum atomic E-state index is -2.89. The maximum Gasteiger partial charge on any atom is 0.282 e. The zero-order chi connectivity index (χ0) is 11.8. The molecule has 0 radical (unpaired) electrons. The number of nitrogens with one attached hydrogen (secondary N) is 1. The zero-order valence-electron chi connectivity index (χ0n) is 8.64. The van der Waals surface area contributed by atoms with Gasteiger partial charge in [-0.25, -0.2) is 13.8 Å². The molecule has 0 bridgehead atoms. The van der Waals surface area contributed by atoms with Crippen molar-refractivity contribution in [2.45, 2.75) is 25.5 Å². The van der Waals surface area contributed by atoms with Gasteiger partial charge >= 0.3 is 0 Å². The van der Waals surface area contributed by atoms with Crippen molar-refractivity contribution < 1.29 is 13.5 Å². The molecule has 1 aliphatic rings. The highest BCUT2D eigenvalue weighted by Crippen LogP contribution is 2.28. The van der Waals surface area contributed by atoms with E-state index in [1.807, 2.05) is 0 Å². The minimum Gasteiger partial charge on any atom is -0.481 e. The van der Waals surface area contributed by atoms with Crippen LogP contribution in [-0.4, -0.2) is 23.6 Å². The highest BCUT2D eigenvalue weighted by Gasteiger charge is 2.37. The second-order valence-corrected chi connectivity index (χ2v) is 4.16. The summed E-state index contributed by atoms with van der Waals surface area (Å²) in [4.78, 5) is 4.02. The highest BCUT2D eigenvalue weighted by atomic mass is 35.5. The van der Waals surface area contributed by atoms with Gasteiger partial charge in [0.2, 0.25) is 0 Å². The smallest absolute Gasteiger partial charge is 0.282 e. The van der Waals surface area contributed by atoms with E-state index in [2.05, 4.69) is 10.3 Å². The van der Waals surface area contributed by atoms with Crippen molar-refractivity contribution in [3.8, 4) is 5.75 Å². The van der Waals surface area contributed by atoms with Crippen molar-refractivity contribution >= 4 is 11.6 Å². The number of fused-ring (bicyclic) bond motifs is 1. The molecule has 0 fully saturated rings. The van der Waals surface area contributed by atoms with Gasteiger partial charge in [-0.2, -0.15) is 0 Å². The predicted octanol–water partition coefficient (Wildman–Crippen LogP) is 2.24. The summed E-state index contributed by atoms with van der Waals surface area (Å²) in [6.07, 6.45) is -1.18. The summed E-state index contributed by atoms with van der Waals surface area (Å²) in [7, 11) is 0. The first-order valence-corrected chi connectivity index (χ1v) is 5.25. The Labute approximate surface area is 96.8 Å². The van der Waals surface area contributed by atoms with Gasteiger partial charge in [-0.1, -0.05) is 11.6 Å². The Morgan fingerprint density at radius 2 is 2.31 bits per heavy atom. The van der Waals surface area contributed by atoms with Crippen LogP contribution >= 0.6 is 11.6 Å². The zero-order valence-corrected chi connectivity index (χ0v) is 9.39. The minimum absolute atomic E-state index is 0.0808. The molecule has 0 aliphatic carbocycles. The number of hydrogen-bond donors (Lipinski definition) is 1. The van der Waals surface area contributed by atoms with Crippen LogP contribution in [0.3, 0.4) is 0 Å². The molecule has 16 heavy (non-hydrogen) atoms. The van der Waals surface area contributed by atoms with Gasteiger partial charge in [0.15, 0.2) is 6.10 Å².